The van der Waals surface area contributed by atoms with Crippen molar-refractivity contribution in [3.8, 4) is 0 Å². The normalized spacial score (nSPS) is 14.0. The number of hydrogen-bond donors (Lipinski definition) is 2. The first-order valence-electron chi connectivity index (χ1n) is 8.24. The first-order valence-corrected chi connectivity index (χ1v) is 9.72. The first-order chi connectivity index (χ1) is 12.6. The quantitative estimate of drug-likeness (QED) is 0.813. The molecular formula is C18H17F3N2O3S. The van der Waals surface area contributed by atoms with E-state index in [0.717, 1.165) is 43.0 Å². The van der Waals surface area contributed by atoms with E-state index >= 15 is 0 Å². The van der Waals surface area contributed by atoms with Gasteiger partial charge in [0.1, 0.15) is 0 Å². The van der Waals surface area contributed by atoms with Crippen LogP contribution in [0.1, 0.15) is 23.1 Å². The van der Waals surface area contributed by atoms with Crippen molar-refractivity contribution in [1.82, 2.24) is 4.72 Å². The lowest BCUT2D eigenvalue weighted by Gasteiger charge is -2.11. The molecule has 0 aliphatic heterocycles. The summed E-state index contributed by atoms with van der Waals surface area (Å²) < 4.78 is 64.5. The molecule has 0 unspecified atom stereocenters. The van der Waals surface area contributed by atoms with Crippen LogP contribution in [0.3, 0.4) is 0 Å². The van der Waals surface area contributed by atoms with E-state index in [9.17, 15) is 26.4 Å². The van der Waals surface area contributed by atoms with Gasteiger partial charge in [-0.2, -0.15) is 13.2 Å². The molecule has 2 N–H and O–H groups in total. The third-order valence-corrected chi connectivity index (χ3v) is 5.68. The smallest absolute Gasteiger partial charge is 0.325 e. The van der Waals surface area contributed by atoms with Crippen LogP contribution in [-0.2, 0) is 33.8 Å². The fraction of sp³-hybridized carbons (Fsp3) is 0.278. The lowest BCUT2D eigenvalue weighted by molar-refractivity contribution is -0.137. The Balaban J connectivity index is 1.64. The van der Waals surface area contributed by atoms with Gasteiger partial charge in [0.2, 0.25) is 15.9 Å². The van der Waals surface area contributed by atoms with Gasteiger partial charge in [-0.05, 0) is 60.7 Å². The SMILES string of the molecule is O=C(CNS(=O)(=O)c1cccc(C(F)(F)F)c1)Nc1ccc2c(c1)CCC2. The Bertz CT molecular complexity index is 972. The maximum atomic E-state index is 12.7. The molecule has 144 valence electrons. The van der Waals surface area contributed by atoms with Crippen molar-refractivity contribution in [2.24, 2.45) is 0 Å². The van der Waals surface area contributed by atoms with Gasteiger partial charge in [-0.25, -0.2) is 13.1 Å². The molecule has 0 spiro atoms. The van der Waals surface area contributed by atoms with Crippen LogP contribution in [0, 0.1) is 0 Å². The number of hydrogen-bond acceptors (Lipinski definition) is 3. The average Bonchev–Trinajstić information content (AvgIpc) is 3.07. The predicted octanol–water partition coefficient (Wildman–Crippen LogP) is 3.11. The number of halogens is 3. The number of aryl methyl sites for hydroxylation is 2. The van der Waals surface area contributed by atoms with Crippen LogP contribution in [-0.4, -0.2) is 20.9 Å². The third-order valence-electron chi connectivity index (χ3n) is 4.28. The molecule has 1 aliphatic carbocycles. The Kier molecular flexibility index (Phi) is 5.25. The summed E-state index contributed by atoms with van der Waals surface area (Å²) in [6, 6.07) is 8.86. The molecule has 0 heterocycles. The highest BCUT2D eigenvalue weighted by Gasteiger charge is 2.31. The van der Waals surface area contributed by atoms with Crippen LogP contribution in [0.25, 0.3) is 0 Å². The molecule has 5 nitrogen and oxygen atoms in total. The Hall–Kier alpha value is -2.39. The van der Waals surface area contributed by atoms with E-state index in [1.54, 1.807) is 6.07 Å². The standard InChI is InChI=1S/C18H17F3N2O3S/c19-18(20,21)14-5-2-6-16(10-14)27(25,26)22-11-17(24)23-15-8-7-12-3-1-4-13(12)9-15/h2,5-10,22H,1,3-4,11H2,(H,23,24). The monoisotopic (exact) mass is 398 g/mol. The lowest BCUT2D eigenvalue weighted by Crippen LogP contribution is -2.33. The fourth-order valence-electron chi connectivity index (χ4n) is 2.94. The molecule has 1 amide bonds. The van der Waals surface area contributed by atoms with Crippen LogP contribution in [0.2, 0.25) is 0 Å². The van der Waals surface area contributed by atoms with E-state index in [2.05, 4.69) is 5.32 Å². The summed E-state index contributed by atoms with van der Waals surface area (Å²) in [5.41, 5.74) is 1.86. The average molecular weight is 398 g/mol. The summed E-state index contributed by atoms with van der Waals surface area (Å²) in [5, 5.41) is 2.59. The Morgan fingerprint density at radius 2 is 1.78 bits per heavy atom. The summed E-state index contributed by atoms with van der Waals surface area (Å²) in [4.78, 5) is 11.4. The van der Waals surface area contributed by atoms with Crippen molar-refractivity contribution in [3.63, 3.8) is 0 Å². The van der Waals surface area contributed by atoms with Crippen molar-refractivity contribution >= 4 is 21.6 Å². The summed E-state index contributed by atoms with van der Waals surface area (Å²) >= 11 is 0. The van der Waals surface area contributed by atoms with Gasteiger partial charge in [-0.15, -0.1) is 0 Å². The molecule has 3 rings (SSSR count). The van der Waals surface area contributed by atoms with Gasteiger partial charge in [-0.3, -0.25) is 4.79 Å². The minimum atomic E-state index is -4.66. The number of carbonyl (C=O) groups excluding carboxylic acids is 1. The Labute approximate surface area is 154 Å². The number of amides is 1. The number of fused-ring (bicyclic) bond motifs is 1. The van der Waals surface area contributed by atoms with Crippen molar-refractivity contribution in [2.45, 2.75) is 30.3 Å². The summed E-state index contributed by atoms with van der Waals surface area (Å²) in [6.45, 7) is -0.588. The van der Waals surface area contributed by atoms with Gasteiger partial charge in [0.25, 0.3) is 0 Å². The van der Waals surface area contributed by atoms with E-state index in [4.69, 9.17) is 0 Å². The van der Waals surface area contributed by atoms with Crippen LogP contribution < -0.4 is 10.0 Å². The predicted molar refractivity (Wildman–Crippen MR) is 93.7 cm³/mol. The molecular weight excluding hydrogens is 381 g/mol. The van der Waals surface area contributed by atoms with Gasteiger partial charge in [0.05, 0.1) is 17.0 Å². The molecule has 0 saturated carbocycles. The summed E-state index contributed by atoms with van der Waals surface area (Å²) in [5.74, 6) is -0.608. The van der Waals surface area contributed by atoms with E-state index in [1.807, 2.05) is 16.9 Å². The molecule has 0 radical (unpaired) electrons. The number of sulfonamides is 1. The van der Waals surface area contributed by atoms with Crippen LogP contribution in [0.5, 0.6) is 0 Å². The van der Waals surface area contributed by atoms with E-state index in [1.165, 1.54) is 5.56 Å². The number of anilines is 1. The Morgan fingerprint density at radius 1 is 1.04 bits per heavy atom. The molecule has 0 aromatic heterocycles. The molecule has 2 aromatic rings. The van der Waals surface area contributed by atoms with Gasteiger partial charge >= 0.3 is 6.18 Å². The van der Waals surface area contributed by atoms with E-state index < -0.39 is 39.1 Å². The molecule has 0 atom stereocenters. The number of nitrogens with one attached hydrogen (secondary N) is 2. The second-order valence-electron chi connectivity index (χ2n) is 6.24. The maximum absolute atomic E-state index is 12.7. The number of rotatable bonds is 5. The van der Waals surface area contributed by atoms with Gasteiger partial charge in [-0.1, -0.05) is 12.1 Å². The highest BCUT2D eigenvalue weighted by Crippen LogP contribution is 2.30. The molecule has 9 heteroatoms. The van der Waals surface area contributed by atoms with Crippen molar-refractivity contribution < 1.29 is 26.4 Å². The Morgan fingerprint density at radius 3 is 2.52 bits per heavy atom. The molecule has 1 aliphatic rings. The zero-order valence-electron chi connectivity index (χ0n) is 14.1. The maximum Gasteiger partial charge on any atom is 0.416 e. The second-order valence-corrected chi connectivity index (χ2v) is 8.00. The van der Waals surface area contributed by atoms with Crippen LogP contribution in [0.4, 0.5) is 18.9 Å². The number of alkyl halides is 3. The van der Waals surface area contributed by atoms with E-state index in [0.29, 0.717) is 11.8 Å². The van der Waals surface area contributed by atoms with Gasteiger partial charge in [0.15, 0.2) is 0 Å². The van der Waals surface area contributed by atoms with Crippen LogP contribution >= 0.6 is 0 Å². The first kappa shape index (κ1) is 19.4. The third kappa shape index (κ3) is 4.67. The van der Waals surface area contributed by atoms with Crippen molar-refractivity contribution in [2.75, 3.05) is 11.9 Å². The lowest BCUT2D eigenvalue weighted by atomic mass is 10.1. The highest BCUT2D eigenvalue weighted by atomic mass is 32.2. The zero-order chi connectivity index (χ0) is 19.7. The molecule has 2 aromatic carbocycles. The fourth-order valence-corrected chi connectivity index (χ4v) is 3.97. The number of benzene rings is 2. The van der Waals surface area contributed by atoms with Gasteiger partial charge < -0.3 is 5.32 Å². The molecule has 0 bridgehead atoms. The number of carbonyl (C=O) groups is 1. The molecule has 27 heavy (non-hydrogen) atoms. The summed E-state index contributed by atoms with van der Waals surface area (Å²) in [6.07, 6.45) is -1.67. The topological polar surface area (TPSA) is 75.3 Å². The van der Waals surface area contributed by atoms with Crippen molar-refractivity contribution in [1.29, 1.82) is 0 Å². The second kappa shape index (κ2) is 7.32. The minimum Gasteiger partial charge on any atom is -0.325 e. The largest absolute Gasteiger partial charge is 0.416 e. The minimum absolute atomic E-state index is 0.529. The summed E-state index contributed by atoms with van der Waals surface area (Å²) in [7, 11) is -4.25. The highest BCUT2D eigenvalue weighted by molar-refractivity contribution is 7.89. The van der Waals surface area contributed by atoms with E-state index in [-0.39, 0.29) is 0 Å². The molecule has 0 saturated heterocycles. The zero-order valence-corrected chi connectivity index (χ0v) is 15.0. The molecule has 0 fully saturated rings. The van der Waals surface area contributed by atoms with Crippen LogP contribution in [0.15, 0.2) is 47.4 Å². The van der Waals surface area contributed by atoms with Crippen molar-refractivity contribution in [3.05, 3.63) is 59.2 Å². The van der Waals surface area contributed by atoms with Gasteiger partial charge in [0, 0.05) is 5.69 Å².